The maximum absolute atomic E-state index is 11.1. The van der Waals surface area contributed by atoms with E-state index >= 15 is 0 Å². The smallest absolute Gasteiger partial charge is 0.178 e. The molecule has 0 amide bonds. The fourth-order valence-corrected chi connectivity index (χ4v) is 1.91. The molecule has 2 heteroatoms. The summed E-state index contributed by atoms with van der Waals surface area (Å²) in [7, 11) is 0. The summed E-state index contributed by atoms with van der Waals surface area (Å²) in [6, 6.07) is 13.6. The van der Waals surface area contributed by atoms with Crippen LogP contribution in [0.3, 0.4) is 0 Å². The molecule has 2 radical (unpaired) electrons. The summed E-state index contributed by atoms with van der Waals surface area (Å²) in [5.74, 6) is 0.0268. The summed E-state index contributed by atoms with van der Waals surface area (Å²) >= 11 is 0. The van der Waals surface area contributed by atoms with Crippen molar-refractivity contribution in [2.75, 3.05) is 0 Å². The largest absolute Gasteiger partial charge is 0.290 e. The highest BCUT2D eigenvalue weighted by atomic mass is 16.3. The van der Waals surface area contributed by atoms with Crippen molar-refractivity contribution >= 4 is 0 Å². The second kappa shape index (κ2) is 4.13. The van der Waals surface area contributed by atoms with Crippen molar-refractivity contribution in [2.45, 2.75) is 19.3 Å². The van der Waals surface area contributed by atoms with Crippen LogP contribution in [-0.4, -0.2) is 0 Å². The van der Waals surface area contributed by atoms with Gasteiger partial charge in [-0.15, -0.1) is 0 Å². The fourth-order valence-electron chi connectivity index (χ4n) is 1.91. The van der Waals surface area contributed by atoms with Crippen LogP contribution in [0.25, 0.3) is 0 Å². The van der Waals surface area contributed by atoms with Gasteiger partial charge in [0.25, 0.3) is 0 Å². The van der Waals surface area contributed by atoms with Gasteiger partial charge in [-0.2, -0.15) is 0 Å². The van der Waals surface area contributed by atoms with Crippen molar-refractivity contribution in [1.82, 2.24) is 0 Å². The Morgan fingerprint density at radius 2 is 0.941 bits per heavy atom. The summed E-state index contributed by atoms with van der Waals surface area (Å²) in [6.45, 7) is 4.15. The van der Waals surface area contributed by atoms with E-state index in [1.165, 1.54) is 0 Å². The van der Waals surface area contributed by atoms with Gasteiger partial charge in [0.15, 0.2) is 11.5 Å². The van der Waals surface area contributed by atoms with E-state index in [2.05, 4.69) is 13.8 Å². The topological polar surface area (TPSA) is 39.8 Å². The van der Waals surface area contributed by atoms with E-state index in [1.807, 2.05) is 24.3 Å². The molecule has 0 fully saturated rings. The summed E-state index contributed by atoms with van der Waals surface area (Å²) < 4.78 is 0. The second-order valence-electron chi connectivity index (χ2n) is 4.67. The van der Waals surface area contributed by atoms with Crippen LogP contribution in [0.4, 0.5) is 0 Å². The van der Waals surface area contributed by atoms with Crippen molar-refractivity contribution in [1.29, 1.82) is 0 Å². The van der Waals surface area contributed by atoms with Crippen molar-refractivity contribution in [3.05, 3.63) is 59.7 Å². The molecule has 0 bridgehead atoms. The van der Waals surface area contributed by atoms with E-state index in [0.29, 0.717) is 0 Å². The minimum Gasteiger partial charge on any atom is -0.290 e. The first-order chi connectivity index (χ1) is 8.00. The molecule has 0 saturated heterocycles. The molecule has 2 aromatic rings. The van der Waals surface area contributed by atoms with Crippen LogP contribution in [0.2, 0.25) is 0 Å². The molecule has 0 spiro atoms. The Hall–Kier alpha value is -1.96. The van der Waals surface area contributed by atoms with Gasteiger partial charge in [0, 0.05) is 5.41 Å². The van der Waals surface area contributed by atoms with Gasteiger partial charge in [-0.3, -0.25) is 10.2 Å². The molecule has 17 heavy (non-hydrogen) atoms. The Kier molecular flexibility index (Phi) is 2.80. The third-order valence-electron chi connectivity index (χ3n) is 3.15. The van der Waals surface area contributed by atoms with Gasteiger partial charge in [0.05, 0.1) is 0 Å². The first-order valence-corrected chi connectivity index (χ1v) is 5.55. The predicted octanol–water partition coefficient (Wildman–Crippen LogP) is 4.30. The Morgan fingerprint density at radius 3 is 1.24 bits per heavy atom. The average Bonchev–Trinajstić information content (AvgIpc) is 2.30. The van der Waals surface area contributed by atoms with E-state index in [9.17, 15) is 10.2 Å². The first-order valence-electron chi connectivity index (χ1n) is 5.55. The molecule has 0 aliphatic heterocycles. The molecular formula is C15H14O2. The van der Waals surface area contributed by atoms with Crippen LogP contribution in [-0.2, 0) is 15.6 Å². The zero-order chi connectivity index (χ0) is 12.5. The molecule has 0 heterocycles. The minimum atomic E-state index is -0.207. The maximum Gasteiger partial charge on any atom is 0.178 e. The van der Waals surface area contributed by atoms with E-state index < -0.39 is 0 Å². The standard InChI is InChI=1S/C15H14O2/c1-15(2,11-3-7-13(16)8-4-11)12-5-9-14(17)10-6-12/h3-10H,1-2H3. The van der Waals surface area contributed by atoms with Gasteiger partial charge in [-0.1, -0.05) is 38.1 Å². The highest BCUT2D eigenvalue weighted by molar-refractivity contribution is 5.41. The molecule has 0 N–H and O–H groups in total. The molecule has 0 atom stereocenters. The zero-order valence-corrected chi connectivity index (χ0v) is 9.94. The Morgan fingerprint density at radius 1 is 0.647 bits per heavy atom. The molecule has 2 rings (SSSR count). The second-order valence-corrected chi connectivity index (χ2v) is 4.67. The monoisotopic (exact) mass is 226 g/mol. The SMILES string of the molecule is CC(C)(c1ccc([O])cc1)c1ccc([O])cc1. The number of benzene rings is 2. The molecule has 86 valence electrons. The molecule has 0 aliphatic rings. The zero-order valence-electron chi connectivity index (χ0n) is 9.94. The lowest BCUT2D eigenvalue weighted by atomic mass is 9.78. The molecule has 0 aromatic heterocycles. The quantitative estimate of drug-likeness (QED) is 0.732. The van der Waals surface area contributed by atoms with Crippen LogP contribution in [0, 0.1) is 0 Å². The number of hydrogen-bond donors (Lipinski definition) is 0. The summed E-state index contributed by atoms with van der Waals surface area (Å²) in [6.07, 6.45) is 0. The number of hydrogen-bond acceptors (Lipinski definition) is 0. The molecule has 2 aromatic carbocycles. The lowest BCUT2D eigenvalue weighted by Gasteiger charge is -2.25. The van der Waals surface area contributed by atoms with Crippen LogP contribution < -0.4 is 0 Å². The number of rotatable bonds is 2. The predicted molar refractivity (Wildman–Crippen MR) is 65.3 cm³/mol. The minimum absolute atomic E-state index is 0.0134. The van der Waals surface area contributed by atoms with Crippen LogP contribution in [0.1, 0.15) is 25.0 Å². The molecular weight excluding hydrogens is 212 g/mol. The van der Waals surface area contributed by atoms with E-state index in [1.54, 1.807) is 24.3 Å². The molecule has 0 saturated carbocycles. The van der Waals surface area contributed by atoms with Crippen LogP contribution >= 0.6 is 0 Å². The molecule has 0 aliphatic carbocycles. The first kappa shape index (κ1) is 11.5. The van der Waals surface area contributed by atoms with Gasteiger partial charge >= 0.3 is 0 Å². The van der Waals surface area contributed by atoms with Gasteiger partial charge in [-0.25, -0.2) is 0 Å². The van der Waals surface area contributed by atoms with E-state index in [0.717, 1.165) is 11.1 Å². The van der Waals surface area contributed by atoms with Crippen molar-refractivity contribution in [2.24, 2.45) is 0 Å². The highest BCUT2D eigenvalue weighted by Gasteiger charge is 2.22. The highest BCUT2D eigenvalue weighted by Crippen LogP contribution is 2.33. The molecule has 2 nitrogen and oxygen atoms in total. The Bertz CT molecular complexity index is 448. The van der Waals surface area contributed by atoms with Gasteiger partial charge in [0.1, 0.15) is 0 Å². The maximum atomic E-state index is 11.1. The van der Waals surface area contributed by atoms with Gasteiger partial charge < -0.3 is 0 Å². The summed E-state index contributed by atoms with van der Waals surface area (Å²) in [5, 5.41) is 22.2. The van der Waals surface area contributed by atoms with Crippen molar-refractivity contribution in [3.8, 4) is 11.5 Å². The molecule has 0 unspecified atom stereocenters. The van der Waals surface area contributed by atoms with Crippen LogP contribution in [0.15, 0.2) is 48.5 Å². The Balaban J connectivity index is 2.41. The van der Waals surface area contributed by atoms with Crippen molar-refractivity contribution in [3.63, 3.8) is 0 Å². The fraction of sp³-hybridized carbons (Fsp3) is 0.200. The normalized spacial score (nSPS) is 11.4. The van der Waals surface area contributed by atoms with Crippen LogP contribution in [0.5, 0.6) is 11.5 Å². The van der Waals surface area contributed by atoms with Gasteiger partial charge in [0.2, 0.25) is 0 Å². The average molecular weight is 226 g/mol. The summed E-state index contributed by atoms with van der Waals surface area (Å²) in [4.78, 5) is 0. The van der Waals surface area contributed by atoms with Crippen molar-refractivity contribution < 1.29 is 10.2 Å². The Labute approximate surface area is 101 Å². The third-order valence-corrected chi connectivity index (χ3v) is 3.15. The lowest BCUT2D eigenvalue weighted by Crippen LogP contribution is -2.18. The van der Waals surface area contributed by atoms with Gasteiger partial charge in [-0.05, 0) is 35.4 Å². The third kappa shape index (κ3) is 2.26. The van der Waals surface area contributed by atoms with E-state index in [-0.39, 0.29) is 16.9 Å². The summed E-state index contributed by atoms with van der Waals surface area (Å²) in [5.41, 5.74) is 1.92. The van der Waals surface area contributed by atoms with E-state index in [4.69, 9.17) is 0 Å². The lowest BCUT2D eigenvalue weighted by molar-refractivity contribution is 0.354.